The van der Waals surface area contributed by atoms with Gasteiger partial charge in [0.2, 0.25) is 0 Å². The fourth-order valence-electron chi connectivity index (χ4n) is 1.28. The van der Waals surface area contributed by atoms with Crippen LogP contribution in [0, 0.1) is 5.82 Å². The van der Waals surface area contributed by atoms with Crippen molar-refractivity contribution in [3.63, 3.8) is 0 Å². The van der Waals surface area contributed by atoms with Crippen LogP contribution in [0.5, 0.6) is 0 Å². The van der Waals surface area contributed by atoms with Crippen molar-refractivity contribution in [1.29, 1.82) is 0 Å². The first-order valence-corrected chi connectivity index (χ1v) is 5.18. The van der Waals surface area contributed by atoms with Crippen molar-refractivity contribution in [2.45, 2.75) is 5.88 Å². The molecule has 2 nitrogen and oxygen atoms in total. The molecule has 0 amide bonds. The minimum Gasteiger partial charge on any atom is -0.237 e. The zero-order valence-corrected chi connectivity index (χ0v) is 9.13. The Hall–Kier alpha value is -1.06. The van der Waals surface area contributed by atoms with E-state index in [4.69, 9.17) is 23.2 Å². The largest absolute Gasteiger partial charge is 0.237 e. The molecule has 1 aromatic carbocycles. The molecule has 0 bridgehead atoms. The Morgan fingerprint density at radius 3 is 2.80 bits per heavy atom. The fourth-order valence-corrected chi connectivity index (χ4v) is 1.66. The van der Waals surface area contributed by atoms with Crippen molar-refractivity contribution in [3.05, 3.63) is 47.0 Å². The molecule has 2 aromatic rings. The predicted molar refractivity (Wildman–Crippen MR) is 58.1 cm³/mol. The fraction of sp³-hybridized carbons (Fsp3) is 0.100. The number of nitrogens with zero attached hydrogens (tertiary/aromatic N) is 2. The number of hydrogen-bond donors (Lipinski definition) is 0. The Morgan fingerprint density at radius 2 is 2.13 bits per heavy atom. The van der Waals surface area contributed by atoms with Crippen molar-refractivity contribution in [1.82, 2.24) is 9.78 Å². The van der Waals surface area contributed by atoms with Gasteiger partial charge in [-0.1, -0.05) is 11.6 Å². The third kappa shape index (κ3) is 1.98. The first-order valence-electron chi connectivity index (χ1n) is 4.26. The molecule has 78 valence electrons. The molecule has 0 aliphatic rings. The van der Waals surface area contributed by atoms with Crippen LogP contribution < -0.4 is 0 Å². The molecule has 5 heteroatoms. The van der Waals surface area contributed by atoms with E-state index in [0.717, 1.165) is 5.69 Å². The zero-order valence-electron chi connectivity index (χ0n) is 7.62. The van der Waals surface area contributed by atoms with Crippen LogP contribution in [0.2, 0.25) is 5.02 Å². The van der Waals surface area contributed by atoms with Crippen LogP contribution in [0.3, 0.4) is 0 Å². The van der Waals surface area contributed by atoms with Crippen LogP contribution in [-0.2, 0) is 5.88 Å². The highest BCUT2D eigenvalue weighted by atomic mass is 35.5. The van der Waals surface area contributed by atoms with Crippen molar-refractivity contribution < 1.29 is 4.39 Å². The standard InChI is InChI=1S/C10H7Cl2FN2/c11-6-8-3-4-14-15(8)7-1-2-10(13)9(12)5-7/h1-5H,6H2. The van der Waals surface area contributed by atoms with E-state index in [1.165, 1.54) is 12.1 Å². The second-order valence-electron chi connectivity index (χ2n) is 2.97. The highest BCUT2D eigenvalue weighted by Crippen LogP contribution is 2.19. The number of alkyl halides is 1. The summed E-state index contributed by atoms with van der Waals surface area (Å²) in [7, 11) is 0. The van der Waals surface area contributed by atoms with Crippen LogP contribution in [0.15, 0.2) is 30.5 Å². The quantitative estimate of drug-likeness (QED) is 0.741. The van der Waals surface area contributed by atoms with E-state index in [0.29, 0.717) is 11.6 Å². The molecule has 0 fully saturated rings. The van der Waals surface area contributed by atoms with Crippen molar-refractivity contribution >= 4 is 23.2 Å². The van der Waals surface area contributed by atoms with Gasteiger partial charge >= 0.3 is 0 Å². The van der Waals surface area contributed by atoms with Gasteiger partial charge < -0.3 is 0 Å². The molecule has 15 heavy (non-hydrogen) atoms. The van der Waals surface area contributed by atoms with Gasteiger partial charge in [0.1, 0.15) is 5.82 Å². The zero-order chi connectivity index (χ0) is 10.8. The van der Waals surface area contributed by atoms with Crippen LogP contribution in [0.1, 0.15) is 5.69 Å². The monoisotopic (exact) mass is 244 g/mol. The Bertz CT molecular complexity index is 482. The summed E-state index contributed by atoms with van der Waals surface area (Å²) in [5, 5.41) is 4.15. The Balaban J connectivity index is 2.50. The van der Waals surface area contributed by atoms with Gasteiger partial charge in [0.25, 0.3) is 0 Å². The van der Waals surface area contributed by atoms with Crippen LogP contribution in [0.4, 0.5) is 4.39 Å². The summed E-state index contributed by atoms with van der Waals surface area (Å²) in [5.41, 5.74) is 1.53. The maximum absolute atomic E-state index is 12.9. The first kappa shape index (κ1) is 10.5. The average molecular weight is 245 g/mol. The summed E-state index contributed by atoms with van der Waals surface area (Å²) < 4.78 is 14.6. The van der Waals surface area contributed by atoms with E-state index in [-0.39, 0.29) is 5.02 Å². The number of hydrogen-bond acceptors (Lipinski definition) is 1. The number of benzene rings is 1. The van der Waals surface area contributed by atoms with Crippen LogP contribution >= 0.6 is 23.2 Å². The summed E-state index contributed by atoms with van der Waals surface area (Å²) in [4.78, 5) is 0. The molecule has 0 saturated heterocycles. The summed E-state index contributed by atoms with van der Waals surface area (Å²) in [6, 6.07) is 6.21. The lowest BCUT2D eigenvalue weighted by molar-refractivity contribution is 0.627. The number of aromatic nitrogens is 2. The molecular weight excluding hydrogens is 238 g/mol. The third-order valence-electron chi connectivity index (χ3n) is 2.01. The van der Waals surface area contributed by atoms with Crippen molar-refractivity contribution in [3.8, 4) is 5.69 Å². The molecule has 0 aliphatic carbocycles. The molecule has 0 aliphatic heterocycles. The van der Waals surface area contributed by atoms with Gasteiger partial charge in [0, 0.05) is 6.20 Å². The molecule has 0 N–H and O–H groups in total. The van der Waals surface area contributed by atoms with Crippen molar-refractivity contribution in [2.24, 2.45) is 0 Å². The van der Waals surface area contributed by atoms with Crippen LogP contribution in [-0.4, -0.2) is 9.78 Å². The van der Waals surface area contributed by atoms with Gasteiger partial charge in [-0.15, -0.1) is 11.6 Å². The van der Waals surface area contributed by atoms with Gasteiger partial charge in [-0.3, -0.25) is 0 Å². The molecule has 0 unspecified atom stereocenters. The molecule has 2 rings (SSSR count). The molecule has 1 heterocycles. The van der Waals surface area contributed by atoms with E-state index in [1.54, 1.807) is 23.0 Å². The molecule has 0 radical (unpaired) electrons. The minimum absolute atomic E-state index is 0.0727. The van der Waals surface area contributed by atoms with E-state index in [9.17, 15) is 4.39 Å². The summed E-state index contributed by atoms with van der Waals surface area (Å²) >= 11 is 11.4. The summed E-state index contributed by atoms with van der Waals surface area (Å²) in [6.07, 6.45) is 1.63. The Kier molecular flexibility index (Phi) is 2.93. The summed E-state index contributed by atoms with van der Waals surface area (Å²) in [5.74, 6) is -0.102. The van der Waals surface area contributed by atoms with E-state index >= 15 is 0 Å². The molecule has 0 atom stereocenters. The van der Waals surface area contributed by atoms with Gasteiger partial charge in [-0.25, -0.2) is 9.07 Å². The molecule has 0 spiro atoms. The number of rotatable bonds is 2. The van der Waals surface area contributed by atoms with Gasteiger partial charge in [0.15, 0.2) is 0 Å². The van der Waals surface area contributed by atoms with E-state index < -0.39 is 5.82 Å². The lowest BCUT2D eigenvalue weighted by Crippen LogP contribution is -2.00. The maximum Gasteiger partial charge on any atom is 0.141 e. The predicted octanol–water partition coefficient (Wildman–Crippen LogP) is 3.40. The lowest BCUT2D eigenvalue weighted by atomic mass is 10.3. The Morgan fingerprint density at radius 1 is 1.33 bits per heavy atom. The molecule has 1 aromatic heterocycles. The SMILES string of the molecule is Fc1ccc(-n2nccc2CCl)cc1Cl. The first-order chi connectivity index (χ1) is 7.22. The summed E-state index contributed by atoms with van der Waals surface area (Å²) in [6.45, 7) is 0. The van der Waals surface area contributed by atoms with Crippen LogP contribution in [0.25, 0.3) is 5.69 Å². The number of halogens is 3. The molecule has 0 saturated carbocycles. The van der Waals surface area contributed by atoms with Gasteiger partial charge in [-0.05, 0) is 24.3 Å². The minimum atomic E-state index is -0.444. The van der Waals surface area contributed by atoms with E-state index in [1.807, 2.05) is 0 Å². The normalized spacial score (nSPS) is 10.6. The maximum atomic E-state index is 12.9. The Labute approximate surface area is 96.2 Å². The van der Waals surface area contributed by atoms with E-state index in [2.05, 4.69) is 5.10 Å². The highest BCUT2D eigenvalue weighted by molar-refractivity contribution is 6.30. The highest BCUT2D eigenvalue weighted by Gasteiger charge is 2.06. The smallest absolute Gasteiger partial charge is 0.141 e. The molecular formula is C10H7Cl2FN2. The average Bonchev–Trinajstić information content (AvgIpc) is 2.70. The lowest BCUT2D eigenvalue weighted by Gasteiger charge is -2.05. The second kappa shape index (κ2) is 4.21. The topological polar surface area (TPSA) is 17.8 Å². The van der Waals surface area contributed by atoms with Gasteiger partial charge in [-0.2, -0.15) is 5.10 Å². The third-order valence-corrected chi connectivity index (χ3v) is 2.57. The second-order valence-corrected chi connectivity index (χ2v) is 3.64. The van der Waals surface area contributed by atoms with Crippen molar-refractivity contribution in [2.75, 3.05) is 0 Å². The van der Waals surface area contributed by atoms with Gasteiger partial charge in [0.05, 0.1) is 22.3 Å².